The van der Waals surface area contributed by atoms with E-state index in [2.05, 4.69) is 54.1 Å². The highest BCUT2D eigenvalue weighted by Gasteiger charge is 2.18. The Morgan fingerprint density at radius 1 is 1.29 bits per heavy atom. The number of rotatable bonds is 2. The van der Waals surface area contributed by atoms with E-state index in [4.69, 9.17) is 5.26 Å². The smallest absolute Gasteiger partial charge is 0.207 e. The van der Waals surface area contributed by atoms with E-state index in [0.29, 0.717) is 5.92 Å². The predicted molar refractivity (Wildman–Crippen MR) is 88.0 cm³/mol. The van der Waals surface area contributed by atoms with Gasteiger partial charge in [-0.15, -0.1) is 0 Å². The lowest BCUT2D eigenvalue weighted by Gasteiger charge is -2.31. The van der Waals surface area contributed by atoms with E-state index in [0.717, 1.165) is 31.8 Å². The third-order valence-corrected chi connectivity index (χ3v) is 4.29. The summed E-state index contributed by atoms with van der Waals surface area (Å²) in [7, 11) is 0. The van der Waals surface area contributed by atoms with Gasteiger partial charge in [0.1, 0.15) is 5.84 Å². The van der Waals surface area contributed by atoms with Crippen LogP contribution in [0.15, 0.2) is 29.3 Å². The van der Waals surface area contributed by atoms with Gasteiger partial charge in [-0.3, -0.25) is 0 Å². The Morgan fingerprint density at radius 3 is 2.48 bits per heavy atom. The lowest BCUT2D eigenvalue weighted by atomic mass is 9.94. The Hall–Kier alpha value is -2.08. The molecule has 1 heterocycles. The maximum atomic E-state index is 8.61. The van der Waals surface area contributed by atoms with Crippen molar-refractivity contribution in [1.82, 2.24) is 4.90 Å². The summed E-state index contributed by atoms with van der Waals surface area (Å²) < 4.78 is 0. The Labute approximate surface area is 127 Å². The minimum atomic E-state index is 0.621. The molecule has 1 saturated heterocycles. The molecule has 0 N–H and O–H groups in total. The van der Waals surface area contributed by atoms with Gasteiger partial charge in [-0.25, -0.2) is 0 Å². The molecule has 2 rings (SSSR count). The van der Waals surface area contributed by atoms with Crippen molar-refractivity contribution < 1.29 is 0 Å². The molecule has 0 unspecified atom stereocenters. The average molecular weight is 281 g/mol. The highest BCUT2D eigenvalue weighted by atomic mass is 15.2. The van der Waals surface area contributed by atoms with Crippen LogP contribution in [-0.4, -0.2) is 23.8 Å². The van der Waals surface area contributed by atoms with Crippen LogP contribution in [0.2, 0.25) is 0 Å². The second-order valence-electron chi connectivity index (χ2n) is 5.75. The van der Waals surface area contributed by atoms with Crippen molar-refractivity contribution in [2.45, 2.75) is 33.6 Å². The van der Waals surface area contributed by atoms with Crippen LogP contribution in [0.5, 0.6) is 0 Å². The molecule has 1 aliphatic rings. The zero-order chi connectivity index (χ0) is 15.2. The standard InChI is InChI=1S/C18H23N3/c1-14-5-4-6-15(2)18(14)8-7-17-9-11-21(12-10-17)16(3)20-13-19/h4-8,17H,9-12H2,1-3H3. The molecule has 0 aromatic heterocycles. The van der Waals surface area contributed by atoms with E-state index in [9.17, 15) is 0 Å². The Morgan fingerprint density at radius 2 is 1.90 bits per heavy atom. The zero-order valence-electron chi connectivity index (χ0n) is 13.1. The second kappa shape index (κ2) is 7.08. The molecule has 1 aliphatic heterocycles. The summed E-state index contributed by atoms with van der Waals surface area (Å²) in [6.07, 6.45) is 8.75. The quantitative estimate of drug-likeness (QED) is 0.468. The number of hydrogen-bond donors (Lipinski definition) is 0. The maximum absolute atomic E-state index is 8.61. The van der Waals surface area contributed by atoms with Crippen molar-refractivity contribution in [3.8, 4) is 6.19 Å². The first-order chi connectivity index (χ1) is 10.1. The van der Waals surface area contributed by atoms with Crippen molar-refractivity contribution in [3.63, 3.8) is 0 Å². The summed E-state index contributed by atoms with van der Waals surface area (Å²) >= 11 is 0. The molecule has 0 spiro atoms. The summed E-state index contributed by atoms with van der Waals surface area (Å²) in [5.41, 5.74) is 4.02. The lowest BCUT2D eigenvalue weighted by Crippen LogP contribution is -2.36. The average Bonchev–Trinajstić information content (AvgIpc) is 2.47. The zero-order valence-corrected chi connectivity index (χ0v) is 13.1. The minimum absolute atomic E-state index is 0.621. The molecule has 3 heteroatoms. The molecule has 0 saturated carbocycles. The summed E-state index contributed by atoms with van der Waals surface area (Å²) in [5, 5.41) is 8.61. The van der Waals surface area contributed by atoms with Crippen LogP contribution in [0, 0.1) is 31.2 Å². The van der Waals surface area contributed by atoms with Crippen molar-refractivity contribution in [3.05, 3.63) is 41.0 Å². The molecule has 110 valence electrons. The summed E-state index contributed by atoms with van der Waals surface area (Å²) in [6.45, 7) is 8.21. The van der Waals surface area contributed by atoms with Gasteiger partial charge >= 0.3 is 0 Å². The number of amidine groups is 1. The van der Waals surface area contributed by atoms with Crippen LogP contribution in [0.25, 0.3) is 6.08 Å². The van der Waals surface area contributed by atoms with E-state index in [-0.39, 0.29) is 0 Å². The van der Waals surface area contributed by atoms with Crippen LogP contribution >= 0.6 is 0 Å². The van der Waals surface area contributed by atoms with Gasteiger partial charge in [-0.05, 0) is 56.2 Å². The van der Waals surface area contributed by atoms with E-state index in [1.165, 1.54) is 16.7 Å². The fourth-order valence-corrected chi connectivity index (χ4v) is 2.88. The van der Waals surface area contributed by atoms with Crippen LogP contribution in [0.1, 0.15) is 36.5 Å². The first-order valence-corrected chi connectivity index (χ1v) is 7.54. The molecule has 21 heavy (non-hydrogen) atoms. The monoisotopic (exact) mass is 281 g/mol. The Kier molecular flexibility index (Phi) is 5.16. The normalized spacial score (nSPS) is 17.2. The molecule has 3 nitrogen and oxygen atoms in total. The van der Waals surface area contributed by atoms with Gasteiger partial charge in [-0.1, -0.05) is 30.4 Å². The molecule has 0 bridgehead atoms. The number of hydrogen-bond acceptors (Lipinski definition) is 2. The third kappa shape index (κ3) is 3.95. The number of nitrogens with zero attached hydrogens (tertiary/aromatic N) is 3. The number of aliphatic imine (C=N–C) groups is 1. The number of likely N-dealkylation sites (tertiary alicyclic amines) is 1. The number of aryl methyl sites for hydroxylation is 2. The third-order valence-electron chi connectivity index (χ3n) is 4.29. The van der Waals surface area contributed by atoms with Crippen LogP contribution in [0.4, 0.5) is 0 Å². The van der Waals surface area contributed by atoms with Crippen molar-refractivity contribution in [2.75, 3.05) is 13.1 Å². The van der Waals surface area contributed by atoms with E-state index in [1.807, 2.05) is 13.1 Å². The van der Waals surface area contributed by atoms with Gasteiger partial charge in [0.2, 0.25) is 6.19 Å². The van der Waals surface area contributed by atoms with E-state index in [1.54, 1.807) is 0 Å². The van der Waals surface area contributed by atoms with E-state index < -0.39 is 0 Å². The van der Waals surface area contributed by atoms with Gasteiger partial charge in [0.25, 0.3) is 0 Å². The molecule has 1 aromatic rings. The summed E-state index contributed by atoms with van der Waals surface area (Å²) in [6, 6.07) is 6.44. The van der Waals surface area contributed by atoms with Crippen molar-refractivity contribution in [2.24, 2.45) is 10.9 Å². The van der Waals surface area contributed by atoms with Gasteiger partial charge in [0.05, 0.1) is 0 Å². The Bertz CT molecular complexity index is 565. The lowest BCUT2D eigenvalue weighted by molar-refractivity contribution is 0.298. The van der Waals surface area contributed by atoms with Crippen molar-refractivity contribution in [1.29, 1.82) is 5.26 Å². The minimum Gasteiger partial charge on any atom is -0.360 e. The summed E-state index contributed by atoms with van der Waals surface area (Å²) in [4.78, 5) is 6.02. The number of piperidine rings is 1. The molecule has 0 radical (unpaired) electrons. The number of benzene rings is 1. The SMILES string of the molecule is CC(=NC#N)N1CCC(C=Cc2c(C)cccc2C)CC1. The van der Waals surface area contributed by atoms with Gasteiger partial charge in [0, 0.05) is 13.1 Å². The predicted octanol–water partition coefficient (Wildman–Crippen LogP) is 3.93. The van der Waals surface area contributed by atoms with Crippen LogP contribution in [0.3, 0.4) is 0 Å². The first kappa shape index (κ1) is 15.3. The van der Waals surface area contributed by atoms with Gasteiger partial charge in [-0.2, -0.15) is 10.3 Å². The highest BCUT2D eigenvalue weighted by molar-refractivity contribution is 5.80. The van der Waals surface area contributed by atoms with Gasteiger partial charge < -0.3 is 4.90 Å². The van der Waals surface area contributed by atoms with Crippen LogP contribution in [-0.2, 0) is 0 Å². The van der Waals surface area contributed by atoms with Crippen LogP contribution < -0.4 is 0 Å². The molecule has 0 atom stereocenters. The van der Waals surface area contributed by atoms with E-state index >= 15 is 0 Å². The number of nitriles is 1. The Balaban J connectivity index is 1.96. The molecule has 1 fully saturated rings. The fraction of sp³-hybridized carbons (Fsp3) is 0.444. The molecule has 0 aliphatic carbocycles. The summed E-state index contributed by atoms with van der Waals surface area (Å²) in [5.74, 6) is 1.46. The largest absolute Gasteiger partial charge is 0.360 e. The highest BCUT2D eigenvalue weighted by Crippen LogP contribution is 2.22. The molecule has 0 amide bonds. The first-order valence-electron chi connectivity index (χ1n) is 7.54. The fourth-order valence-electron chi connectivity index (χ4n) is 2.88. The molecular formula is C18H23N3. The molecular weight excluding hydrogens is 258 g/mol. The van der Waals surface area contributed by atoms with Crippen molar-refractivity contribution >= 4 is 11.9 Å². The van der Waals surface area contributed by atoms with Gasteiger partial charge in [0.15, 0.2) is 0 Å². The topological polar surface area (TPSA) is 39.4 Å². The second-order valence-corrected chi connectivity index (χ2v) is 5.75. The maximum Gasteiger partial charge on any atom is 0.207 e. The number of allylic oxidation sites excluding steroid dienone is 1. The molecule has 1 aromatic carbocycles.